The van der Waals surface area contributed by atoms with Gasteiger partial charge in [0.25, 0.3) is 5.91 Å². The SMILES string of the molecule is CC(C)NC(=O)N1CCC(c2nc(C(=O)N3CCCC4CCCCC43)cs2)CC1. The van der Waals surface area contributed by atoms with Crippen LogP contribution in [0.1, 0.15) is 86.6 Å². The highest BCUT2D eigenvalue weighted by Gasteiger charge is 2.37. The van der Waals surface area contributed by atoms with Crippen LogP contribution >= 0.6 is 11.3 Å². The van der Waals surface area contributed by atoms with E-state index in [0.717, 1.165) is 50.3 Å². The van der Waals surface area contributed by atoms with Gasteiger partial charge in [-0.3, -0.25) is 4.79 Å². The highest BCUT2D eigenvalue weighted by molar-refractivity contribution is 7.09. The van der Waals surface area contributed by atoms with E-state index in [4.69, 9.17) is 4.98 Å². The van der Waals surface area contributed by atoms with Crippen LogP contribution in [0.25, 0.3) is 0 Å². The van der Waals surface area contributed by atoms with Crippen LogP contribution in [-0.2, 0) is 0 Å². The summed E-state index contributed by atoms with van der Waals surface area (Å²) < 4.78 is 0. The zero-order chi connectivity index (χ0) is 20.4. The first-order valence-electron chi connectivity index (χ1n) is 11.3. The zero-order valence-corrected chi connectivity index (χ0v) is 18.5. The third kappa shape index (κ3) is 4.60. The lowest BCUT2D eigenvalue weighted by Gasteiger charge is -2.43. The number of aromatic nitrogens is 1. The van der Waals surface area contributed by atoms with Gasteiger partial charge in [0.2, 0.25) is 0 Å². The highest BCUT2D eigenvalue weighted by atomic mass is 32.1. The van der Waals surface area contributed by atoms with Crippen molar-refractivity contribution in [2.75, 3.05) is 19.6 Å². The number of nitrogens with zero attached hydrogens (tertiary/aromatic N) is 3. The molecule has 6 nitrogen and oxygen atoms in total. The molecule has 3 fully saturated rings. The average Bonchev–Trinajstić information content (AvgIpc) is 3.23. The summed E-state index contributed by atoms with van der Waals surface area (Å²) in [4.78, 5) is 34.2. The molecule has 3 heterocycles. The molecule has 4 rings (SSSR count). The number of amides is 3. The second-order valence-electron chi connectivity index (χ2n) is 9.19. The van der Waals surface area contributed by atoms with Gasteiger partial charge in [-0.2, -0.15) is 0 Å². The number of thiazole rings is 1. The quantitative estimate of drug-likeness (QED) is 0.799. The first kappa shape index (κ1) is 20.6. The van der Waals surface area contributed by atoms with E-state index < -0.39 is 0 Å². The monoisotopic (exact) mass is 418 g/mol. The van der Waals surface area contributed by atoms with Crippen LogP contribution in [0.15, 0.2) is 5.38 Å². The summed E-state index contributed by atoms with van der Waals surface area (Å²) in [6.45, 7) is 6.35. The van der Waals surface area contributed by atoms with E-state index in [1.54, 1.807) is 11.3 Å². The Morgan fingerprint density at radius 1 is 1.07 bits per heavy atom. The molecule has 2 unspecified atom stereocenters. The Morgan fingerprint density at radius 3 is 2.55 bits per heavy atom. The molecule has 1 N–H and O–H groups in total. The number of rotatable bonds is 3. The number of urea groups is 1. The fourth-order valence-electron chi connectivity index (χ4n) is 5.27. The van der Waals surface area contributed by atoms with Crippen LogP contribution in [0, 0.1) is 5.92 Å². The molecular formula is C22H34N4O2S. The molecule has 0 aromatic carbocycles. The molecule has 0 radical (unpaired) electrons. The maximum absolute atomic E-state index is 13.2. The van der Waals surface area contributed by atoms with E-state index in [9.17, 15) is 9.59 Å². The van der Waals surface area contributed by atoms with Crippen molar-refractivity contribution in [1.82, 2.24) is 20.1 Å². The molecule has 1 aromatic heterocycles. The summed E-state index contributed by atoms with van der Waals surface area (Å²) in [5, 5.41) is 5.99. The van der Waals surface area contributed by atoms with Crippen LogP contribution < -0.4 is 5.32 Å². The molecule has 2 aliphatic heterocycles. The summed E-state index contributed by atoms with van der Waals surface area (Å²) in [7, 11) is 0. The highest BCUT2D eigenvalue weighted by Crippen LogP contribution is 2.36. The maximum Gasteiger partial charge on any atom is 0.317 e. The van der Waals surface area contributed by atoms with Crippen LogP contribution in [0.5, 0.6) is 0 Å². The van der Waals surface area contributed by atoms with E-state index in [1.807, 2.05) is 24.1 Å². The van der Waals surface area contributed by atoms with Crippen molar-refractivity contribution < 1.29 is 9.59 Å². The Morgan fingerprint density at radius 2 is 1.79 bits per heavy atom. The van der Waals surface area contributed by atoms with E-state index >= 15 is 0 Å². The Bertz CT molecular complexity index is 724. The predicted molar refractivity (Wildman–Crippen MR) is 115 cm³/mol. The van der Waals surface area contributed by atoms with Gasteiger partial charge in [0.05, 0.1) is 5.01 Å². The number of carbonyl (C=O) groups is 2. The third-order valence-electron chi connectivity index (χ3n) is 6.79. The van der Waals surface area contributed by atoms with E-state index in [-0.39, 0.29) is 18.0 Å². The summed E-state index contributed by atoms with van der Waals surface area (Å²) in [5.74, 6) is 1.19. The molecule has 1 aromatic rings. The van der Waals surface area contributed by atoms with E-state index in [1.165, 1.54) is 25.7 Å². The van der Waals surface area contributed by atoms with Crippen molar-refractivity contribution in [3.05, 3.63) is 16.1 Å². The van der Waals surface area contributed by atoms with Gasteiger partial charge >= 0.3 is 6.03 Å². The number of hydrogen-bond donors (Lipinski definition) is 1. The average molecular weight is 419 g/mol. The van der Waals surface area contributed by atoms with Crippen molar-refractivity contribution >= 4 is 23.3 Å². The van der Waals surface area contributed by atoms with E-state index in [2.05, 4.69) is 10.2 Å². The molecule has 0 spiro atoms. The second kappa shape index (κ2) is 9.02. The molecule has 3 amide bonds. The van der Waals surface area contributed by atoms with Crippen molar-refractivity contribution in [2.45, 2.75) is 83.2 Å². The Kier molecular flexibility index (Phi) is 6.42. The molecule has 29 heavy (non-hydrogen) atoms. The van der Waals surface area contributed by atoms with Gasteiger partial charge < -0.3 is 15.1 Å². The zero-order valence-electron chi connectivity index (χ0n) is 17.7. The Hall–Kier alpha value is -1.63. The van der Waals surface area contributed by atoms with Crippen LogP contribution in [0.2, 0.25) is 0 Å². The molecule has 2 atom stereocenters. The minimum atomic E-state index is 0.0283. The van der Waals surface area contributed by atoms with Crippen molar-refractivity contribution in [1.29, 1.82) is 0 Å². The van der Waals surface area contributed by atoms with Crippen LogP contribution in [0.4, 0.5) is 4.79 Å². The molecular weight excluding hydrogens is 384 g/mol. The topological polar surface area (TPSA) is 65.5 Å². The van der Waals surface area contributed by atoms with E-state index in [0.29, 0.717) is 23.6 Å². The van der Waals surface area contributed by atoms with Gasteiger partial charge in [0.1, 0.15) is 5.69 Å². The smallest absolute Gasteiger partial charge is 0.317 e. The fraction of sp³-hybridized carbons (Fsp3) is 0.773. The lowest BCUT2D eigenvalue weighted by Crippen LogP contribution is -2.49. The fourth-order valence-corrected chi connectivity index (χ4v) is 6.23. The van der Waals surface area contributed by atoms with Crippen LogP contribution in [0.3, 0.4) is 0 Å². The maximum atomic E-state index is 13.2. The second-order valence-corrected chi connectivity index (χ2v) is 10.1. The lowest BCUT2D eigenvalue weighted by molar-refractivity contribution is 0.0386. The minimum Gasteiger partial charge on any atom is -0.336 e. The number of piperidine rings is 2. The normalized spacial score (nSPS) is 25.8. The first-order valence-corrected chi connectivity index (χ1v) is 12.2. The molecule has 7 heteroatoms. The van der Waals surface area contributed by atoms with Gasteiger partial charge in [0, 0.05) is 43.0 Å². The summed E-state index contributed by atoms with van der Waals surface area (Å²) >= 11 is 1.62. The van der Waals surface area contributed by atoms with Crippen molar-refractivity contribution in [3.8, 4) is 0 Å². The molecule has 3 aliphatic rings. The summed E-state index contributed by atoms with van der Waals surface area (Å²) in [6, 6.07) is 0.616. The predicted octanol–water partition coefficient (Wildman–Crippen LogP) is 4.24. The number of hydrogen-bond acceptors (Lipinski definition) is 4. The van der Waals surface area contributed by atoms with Crippen LogP contribution in [-0.4, -0.2) is 58.4 Å². The Balaban J connectivity index is 1.36. The number of fused-ring (bicyclic) bond motifs is 1. The Labute approximate surface area is 178 Å². The molecule has 2 saturated heterocycles. The molecule has 1 saturated carbocycles. The van der Waals surface area contributed by atoms with Crippen molar-refractivity contribution in [3.63, 3.8) is 0 Å². The summed E-state index contributed by atoms with van der Waals surface area (Å²) in [5.41, 5.74) is 0.635. The minimum absolute atomic E-state index is 0.0283. The largest absolute Gasteiger partial charge is 0.336 e. The standard InChI is InChI=1S/C22H34N4O2S/c1-15(2)23-22(28)25-12-9-17(10-13-25)20-24-18(14-29-20)21(27)26-11-5-7-16-6-3-4-8-19(16)26/h14-17,19H,3-13H2,1-2H3,(H,23,28). The van der Waals surface area contributed by atoms with Gasteiger partial charge in [0.15, 0.2) is 0 Å². The molecule has 0 bridgehead atoms. The molecule has 1 aliphatic carbocycles. The lowest BCUT2D eigenvalue weighted by atomic mass is 9.78. The van der Waals surface area contributed by atoms with Gasteiger partial charge in [-0.25, -0.2) is 9.78 Å². The number of nitrogens with one attached hydrogen (secondary N) is 1. The summed E-state index contributed by atoms with van der Waals surface area (Å²) in [6.07, 6.45) is 9.24. The van der Waals surface area contributed by atoms with Crippen molar-refractivity contribution in [2.24, 2.45) is 5.92 Å². The number of likely N-dealkylation sites (tertiary alicyclic amines) is 2. The molecule has 160 valence electrons. The first-order chi connectivity index (χ1) is 14.0. The third-order valence-corrected chi connectivity index (χ3v) is 7.80. The van der Waals surface area contributed by atoms with Gasteiger partial charge in [-0.1, -0.05) is 12.8 Å². The number of carbonyl (C=O) groups excluding carboxylic acids is 2. The van der Waals surface area contributed by atoms with Gasteiger partial charge in [-0.05, 0) is 58.3 Å². The van der Waals surface area contributed by atoms with Gasteiger partial charge in [-0.15, -0.1) is 11.3 Å².